The largest absolute Gasteiger partial charge is 0.494 e. The minimum atomic E-state index is -2.06. The van der Waals surface area contributed by atoms with Crippen LogP contribution in [0.4, 0.5) is 5.69 Å². The van der Waals surface area contributed by atoms with E-state index in [1.165, 1.54) is 0 Å². The second-order valence-electron chi connectivity index (χ2n) is 6.56. The van der Waals surface area contributed by atoms with Gasteiger partial charge in [0.15, 0.2) is 0 Å². The van der Waals surface area contributed by atoms with Crippen molar-refractivity contribution in [1.29, 1.82) is 0 Å². The summed E-state index contributed by atoms with van der Waals surface area (Å²) in [7, 11) is 0. The topological polar surface area (TPSA) is 75.6 Å². The molecule has 2 N–H and O–H groups in total. The Hall–Kier alpha value is -2.66. The number of ketones is 1. The van der Waals surface area contributed by atoms with Crippen molar-refractivity contribution in [2.24, 2.45) is 0 Å². The maximum absolute atomic E-state index is 12.5. The highest BCUT2D eigenvalue weighted by molar-refractivity contribution is 6.22. The minimum absolute atomic E-state index is 0.00748. The van der Waals surface area contributed by atoms with Crippen molar-refractivity contribution in [3.63, 3.8) is 0 Å². The van der Waals surface area contributed by atoms with Crippen molar-refractivity contribution in [2.45, 2.75) is 38.2 Å². The Balaban J connectivity index is 1.62. The van der Waals surface area contributed by atoms with E-state index in [1.807, 2.05) is 0 Å². The first-order valence-corrected chi connectivity index (χ1v) is 8.94. The third-order valence-electron chi connectivity index (χ3n) is 4.59. The van der Waals surface area contributed by atoms with Crippen LogP contribution in [-0.4, -0.2) is 29.0 Å². The quantitative estimate of drug-likeness (QED) is 0.591. The van der Waals surface area contributed by atoms with Crippen LogP contribution in [0.15, 0.2) is 48.5 Å². The molecule has 1 aliphatic carbocycles. The molecular formula is C21H23NO4. The molecule has 0 aromatic heterocycles. The lowest BCUT2D eigenvalue weighted by Gasteiger charge is -2.19. The number of unbranched alkanes of at least 4 members (excludes halogenated alkanes) is 2. The van der Waals surface area contributed by atoms with E-state index in [0.29, 0.717) is 23.4 Å². The number of nitrogens with one attached hydrogen (secondary N) is 1. The zero-order valence-corrected chi connectivity index (χ0v) is 14.8. The number of rotatable bonds is 7. The molecule has 2 aromatic carbocycles. The minimum Gasteiger partial charge on any atom is -0.494 e. The maximum Gasteiger partial charge on any atom is 0.264 e. The lowest BCUT2D eigenvalue weighted by atomic mass is 9.98. The van der Waals surface area contributed by atoms with Crippen molar-refractivity contribution < 1.29 is 19.4 Å². The average Bonchev–Trinajstić information content (AvgIpc) is 2.92. The first-order chi connectivity index (χ1) is 12.5. The van der Waals surface area contributed by atoms with E-state index in [4.69, 9.17) is 4.74 Å². The zero-order valence-electron chi connectivity index (χ0n) is 14.8. The van der Waals surface area contributed by atoms with Crippen LogP contribution in [0.3, 0.4) is 0 Å². The number of hydrogen-bond acceptors (Lipinski definition) is 4. The zero-order chi connectivity index (χ0) is 18.6. The molecule has 136 valence electrons. The molecule has 1 amide bonds. The summed E-state index contributed by atoms with van der Waals surface area (Å²) in [5.41, 5.74) is -0.459. The molecule has 0 heterocycles. The lowest BCUT2D eigenvalue weighted by Crippen LogP contribution is -2.48. The summed E-state index contributed by atoms with van der Waals surface area (Å²) in [6.07, 6.45) is 3.26. The van der Waals surface area contributed by atoms with E-state index >= 15 is 0 Å². The third-order valence-corrected chi connectivity index (χ3v) is 4.59. The van der Waals surface area contributed by atoms with Crippen LogP contribution in [0.1, 0.15) is 42.1 Å². The number of hydrogen-bond donors (Lipinski definition) is 2. The second-order valence-corrected chi connectivity index (χ2v) is 6.56. The monoisotopic (exact) mass is 353 g/mol. The number of Topliss-reactive ketones (excluding diaryl/α,β-unsaturated/α-hetero) is 1. The van der Waals surface area contributed by atoms with Crippen molar-refractivity contribution in [2.75, 3.05) is 11.9 Å². The van der Waals surface area contributed by atoms with Gasteiger partial charge >= 0.3 is 0 Å². The fourth-order valence-corrected chi connectivity index (χ4v) is 3.07. The van der Waals surface area contributed by atoms with Crippen LogP contribution in [0.25, 0.3) is 0 Å². The van der Waals surface area contributed by atoms with E-state index < -0.39 is 17.3 Å². The summed E-state index contributed by atoms with van der Waals surface area (Å²) in [6, 6.07) is 13.8. The Bertz CT molecular complexity index is 800. The first kappa shape index (κ1) is 18.1. The number of amides is 1. The van der Waals surface area contributed by atoms with E-state index in [-0.39, 0.29) is 6.42 Å². The van der Waals surface area contributed by atoms with E-state index in [2.05, 4.69) is 12.2 Å². The highest BCUT2D eigenvalue weighted by Crippen LogP contribution is 2.31. The molecule has 0 saturated heterocycles. The summed E-state index contributed by atoms with van der Waals surface area (Å²) >= 11 is 0. The molecule has 0 unspecified atom stereocenters. The lowest BCUT2D eigenvalue weighted by molar-refractivity contribution is -0.129. The number of benzene rings is 2. The van der Waals surface area contributed by atoms with Crippen molar-refractivity contribution in [1.82, 2.24) is 0 Å². The van der Waals surface area contributed by atoms with Gasteiger partial charge in [-0.1, -0.05) is 44.0 Å². The first-order valence-electron chi connectivity index (χ1n) is 8.94. The highest BCUT2D eigenvalue weighted by Gasteiger charge is 2.49. The number of ether oxygens (including phenoxy) is 1. The molecular weight excluding hydrogens is 330 g/mol. The average molecular weight is 353 g/mol. The van der Waals surface area contributed by atoms with Crippen LogP contribution in [-0.2, 0) is 11.2 Å². The van der Waals surface area contributed by atoms with Crippen molar-refractivity contribution in [3.05, 3.63) is 59.7 Å². The van der Waals surface area contributed by atoms with E-state index in [0.717, 1.165) is 25.0 Å². The summed E-state index contributed by atoms with van der Waals surface area (Å²) in [4.78, 5) is 25.0. The Labute approximate surface area is 153 Å². The van der Waals surface area contributed by atoms with Crippen LogP contribution in [0.5, 0.6) is 5.75 Å². The number of fused-ring (bicyclic) bond motifs is 1. The van der Waals surface area contributed by atoms with Gasteiger partial charge in [-0.25, -0.2) is 0 Å². The third kappa shape index (κ3) is 3.63. The van der Waals surface area contributed by atoms with Gasteiger partial charge in [-0.15, -0.1) is 0 Å². The second kappa shape index (κ2) is 7.70. The maximum atomic E-state index is 12.5. The van der Waals surface area contributed by atoms with Gasteiger partial charge in [0.25, 0.3) is 5.91 Å². The summed E-state index contributed by atoms with van der Waals surface area (Å²) in [5.74, 6) is -0.543. The van der Waals surface area contributed by atoms with Crippen LogP contribution in [0, 0.1) is 0 Å². The summed E-state index contributed by atoms with van der Waals surface area (Å²) in [5, 5.41) is 13.3. The highest BCUT2D eigenvalue weighted by atomic mass is 16.5. The Morgan fingerprint density at radius 1 is 1.15 bits per heavy atom. The summed E-state index contributed by atoms with van der Waals surface area (Å²) in [6.45, 7) is 2.80. The standard InChI is InChI=1S/C21H23NO4/c1-2-3-6-13-26-17-11-9-16(10-12-17)22-20(24)21(25)14-15-7-4-5-8-18(15)19(21)23/h4-5,7-12,25H,2-3,6,13-14H2,1H3,(H,22,24)/t21-/m0/s1. The van der Waals surface area contributed by atoms with Gasteiger partial charge in [0.2, 0.25) is 11.4 Å². The van der Waals surface area contributed by atoms with Crippen LogP contribution in [0.2, 0.25) is 0 Å². The molecule has 2 aromatic rings. The Morgan fingerprint density at radius 2 is 1.88 bits per heavy atom. The molecule has 0 saturated carbocycles. The van der Waals surface area contributed by atoms with Gasteiger partial charge in [-0.3, -0.25) is 9.59 Å². The van der Waals surface area contributed by atoms with Gasteiger partial charge in [-0.2, -0.15) is 0 Å². The Morgan fingerprint density at radius 3 is 2.58 bits per heavy atom. The number of carbonyl (C=O) groups is 2. The molecule has 0 spiro atoms. The van der Waals surface area contributed by atoms with Crippen molar-refractivity contribution >= 4 is 17.4 Å². The van der Waals surface area contributed by atoms with Gasteiger partial charge in [0.1, 0.15) is 5.75 Å². The fourth-order valence-electron chi connectivity index (χ4n) is 3.07. The number of anilines is 1. The smallest absolute Gasteiger partial charge is 0.264 e. The van der Waals surface area contributed by atoms with Crippen molar-refractivity contribution in [3.8, 4) is 5.75 Å². The van der Waals surface area contributed by atoms with Gasteiger partial charge in [0, 0.05) is 17.7 Å². The van der Waals surface area contributed by atoms with Gasteiger partial charge in [0.05, 0.1) is 6.61 Å². The van der Waals surface area contributed by atoms with E-state index in [9.17, 15) is 14.7 Å². The number of carbonyl (C=O) groups excluding carboxylic acids is 2. The predicted octanol–water partition coefficient (Wildman–Crippen LogP) is 3.36. The van der Waals surface area contributed by atoms with Gasteiger partial charge < -0.3 is 15.2 Å². The molecule has 26 heavy (non-hydrogen) atoms. The molecule has 1 atom stereocenters. The van der Waals surface area contributed by atoms with Gasteiger partial charge in [-0.05, 0) is 36.2 Å². The SMILES string of the molecule is CCCCCOc1ccc(NC(=O)[C@]2(O)Cc3ccccc3C2=O)cc1. The van der Waals surface area contributed by atoms with E-state index in [1.54, 1.807) is 48.5 Å². The molecule has 0 radical (unpaired) electrons. The summed E-state index contributed by atoms with van der Waals surface area (Å²) < 4.78 is 5.63. The molecule has 5 heteroatoms. The number of aliphatic hydroxyl groups is 1. The normalized spacial score (nSPS) is 18.5. The van der Waals surface area contributed by atoms with Crippen LogP contribution >= 0.6 is 0 Å². The van der Waals surface area contributed by atoms with Crippen LogP contribution < -0.4 is 10.1 Å². The molecule has 5 nitrogen and oxygen atoms in total. The fraction of sp³-hybridized carbons (Fsp3) is 0.333. The molecule has 0 aliphatic heterocycles. The predicted molar refractivity (Wildman–Crippen MR) is 99.5 cm³/mol. The molecule has 3 rings (SSSR count). The molecule has 0 fully saturated rings. The molecule has 1 aliphatic rings. The Kier molecular flexibility index (Phi) is 5.38. The molecule has 0 bridgehead atoms.